The maximum absolute atomic E-state index is 13.0. The molecule has 1 N–H and O–H groups in total. The number of alkyl halides is 3. The molecule has 9 heteroatoms. The molecule has 2 rings (SSSR count). The average Bonchev–Trinajstić information content (AvgIpc) is 2.72. The summed E-state index contributed by atoms with van der Waals surface area (Å²) in [5.41, 5.74) is -0.347. The standard InChI is InChI=1S/C21H19F3N2O4/c1-28-12-13-30-19-8-5-16(21(22,23)24)14-18(19)26-20(27)9-4-15-2-6-17(7-3-15)29-11-10-25/h2-9,14H,11-13H2,1H3,(H,26,27)/b9-4+. The van der Waals surface area contributed by atoms with Crippen molar-refractivity contribution in [3.8, 4) is 17.6 Å². The van der Waals surface area contributed by atoms with E-state index in [1.165, 1.54) is 19.3 Å². The number of hydrogen-bond acceptors (Lipinski definition) is 5. The third kappa shape index (κ3) is 7.14. The Labute approximate surface area is 171 Å². The number of nitriles is 1. The Morgan fingerprint density at radius 3 is 2.50 bits per heavy atom. The Kier molecular flexibility index (Phi) is 8.26. The molecule has 0 fully saturated rings. The molecule has 2 aromatic carbocycles. The third-order valence-electron chi connectivity index (χ3n) is 3.72. The fraction of sp³-hybridized carbons (Fsp3) is 0.238. The third-order valence-corrected chi connectivity index (χ3v) is 3.72. The molecular weight excluding hydrogens is 401 g/mol. The first-order chi connectivity index (χ1) is 14.3. The van der Waals surface area contributed by atoms with Crippen molar-refractivity contribution in [2.24, 2.45) is 0 Å². The van der Waals surface area contributed by atoms with Gasteiger partial charge in [0.15, 0.2) is 6.61 Å². The number of amides is 1. The number of nitrogens with zero attached hydrogens (tertiary/aromatic N) is 1. The zero-order chi connectivity index (χ0) is 22.0. The second-order valence-corrected chi connectivity index (χ2v) is 5.89. The summed E-state index contributed by atoms with van der Waals surface area (Å²) in [6.07, 6.45) is -1.89. The van der Waals surface area contributed by atoms with Crippen LogP contribution in [0, 0.1) is 11.3 Å². The van der Waals surface area contributed by atoms with E-state index in [0.29, 0.717) is 11.3 Å². The number of carbonyl (C=O) groups is 1. The molecule has 0 aliphatic rings. The molecule has 0 aliphatic carbocycles. The van der Waals surface area contributed by atoms with E-state index in [1.54, 1.807) is 24.3 Å². The number of anilines is 1. The van der Waals surface area contributed by atoms with Gasteiger partial charge in [-0.05, 0) is 42.0 Å². The van der Waals surface area contributed by atoms with E-state index >= 15 is 0 Å². The topological polar surface area (TPSA) is 80.6 Å². The van der Waals surface area contributed by atoms with E-state index in [1.807, 2.05) is 6.07 Å². The molecule has 0 heterocycles. The van der Waals surface area contributed by atoms with Crippen molar-refractivity contribution in [3.05, 3.63) is 59.7 Å². The maximum atomic E-state index is 13.0. The van der Waals surface area contributed by atoms with Crippen molar-refractivity contribution in [2.45, 2.75) is 6.18 Å². The van der Waals surface area contributed by atoms with Crippen LogP contribution in [0.1, 0.15) is 11.1 Å². The van der Waals surface area contributed by atoms with E-state index in [2.05, 4.69) is 5.32 Å². The Balaban J connectivity index is 2.11. The van der Waals surface area contributed by atoms with E-state index in [9.17, 15) is 18.0 Å². The minimum absolute atomic E-state index is 0.0800. The highest BCUT2D eigenvalue weighted by atomic mass is 19.4. The highest BCUT2D eigenvalue weighted by molar-refractivity contribution is 6.02. The molecule has 0 aliphatic heterocycles. The molecule has 30 heavy (non-hydrogen) atoms. The molecule has 0 aromatic heterocycles. The Morgan fingerprint density at radius 2 is 1.87 bits per heavy atom. The van der Waals surface area contributed by atoms with Crippen LogP contribution in [-0.2, 0) is 15.7 Å². The van der Waals surface area contributed by atoms with Gasteiger partial charge in [0.2, 0.25) is 5.91 Å². The first-order valence-electron chi connectivity index (χ1n) is 8.75. The molecular formula is C21H19F3N2O4. The zero-order valence-electron chi connectivity index (χ0n) is 16.0. The Bertz CT molecular complexity index is 919. The second kappa shape index (κ2) is 10.9. The minimum atomic E-state index is -4.56. The molecule has 1 amide bonds. The van der Waals surface area contributed by atoms with E-state index in [0.717, 1.165) is 18.2 Å². The smallest absolute Gasteiger partial charge is 0.416 e. The first kappa shape index (κ1) is 22.8. The number of rotatable bonds is 9. The zero-order valence-corrected chi connectivity index (χ0v) is 16.0. The molecule has 0 radical (unpaired) electrons. The van der Waals surface area contributed by atoms with E-state index < -0.39 is 17.6 Å². The summed E-state index contributed by atoms with van der Waals surface area (Å²) in [6.45, 7) is 0.270. The van der Waals surface area contributed by atoms with Gasteiger partial charge in [0.25, 0.3) is 0 Å². The molecule has 158 valence electrons. The van der Waals surface area contributed by atoms with Gasteiger partial charge in [0, 0.05) is 13.2 Å². The van der Waals surface area contributed by atoms with Gasteiger partial charge in [-0.2, -0.15) is 18.4 Å². The van der Waals surface area contributed by atoms with Crippen LogP contribution in [0.3, 0.4) is 0 Å². The predicted octanol–water partition coefficient (Wildman–Crippen LogP) is 4.28. The molecule has 0 saturated carbocycles. The minimum Gasteiger partial charge on any atom is -0.489 e. The predicted molar refractivity (Wildman–Crippen MR) is 104 cm³/mol. The van der Waals surface area contributed by atoms with Gasteiger partial charge in [-0.15, -0.1) is 0 Å². The molecule has 0 spiro atoms. The summed E-state index contributed by atoms with van der Waals surface area (Å²) in [4.78, 5) is 12.2. The van der Waals surface area contributed by atoms with Gasteiger partial charge in [0.1, 0.15) is 24.2 Å². The number of benzene rings is 2. The van der Waals surface area contributed by atoms with E-state index in [-0.39, 0.29) is 31.3 Å². The number of halogens is 3. The number of carbonyl (C=O) groups excluding carboxylic acids is 1. The van der Waals surface area contributed by atoms with Crippen LogP contribution < -0.4 is 14.8 Å². The monoisotopic (exact) mass is 420 g/mol. The van der Waals surface area contributed by atoms with Crippen LogP contribution in [0.25, 0.3) is 6.08 Å². The molecule has 6 nitrogen and oxygen atoms in total. The quantitative estimate of drug-likeness (QED) is 0.484. The fourth-order valence-corrected chi connectivity index (χ4v) is 2.30. The summed E-state index contributed by atoms with van der Waals surface area (Å²) >= 11 is 0. The summed E-state index contributed by atoms with van der Waals surface area (Å²) in [5.74, 6) is -0.0310. The summed E-state index contributed by atoms with van der Waals surface area (Å²) in [5, 5.41) is 10.9. The van der Waals surface area contributed by atoms with Crippen molar-refractivity contribution in [3.63, 3.8) is 0 Å². The highest BCUT2D eigenvalue weighted by Crippen LogP contribution is 2.35. The lowest BCUT2D eigenvalue weighted by atomic mass is 10.1. The molecule has 0 unspecified atom stereocenters. The van der Waals surface area contributed by atoms with Crippen molar-refractivity contribution < 1.29 is 32.2 Å². The number of ether oxygens (including phenoxy) is 3. The van der Waals surface area contributed by atoms with Crippen molar-refractivity contribution in [1.82, 2.24) is 0 Å². The van der Waals surface area contributed by atoms with Crippen LogP contribution in [-0.4, -0.2) is 32.8 Å². The van der Waals surface area contributed by atoms with Gasteiger partial charge in [-0.3, -0.25) is 4.79 Å². The van der Waals surface area contributed by atoms with Crippen molar-refractivity contribution in [1.29, 1.82) is 5.26 Å². The van der Waals surface area contributed by atoms with Gasteiger partial charge >= 0.3 is 6.18 Å². The number of hydrogen-bond donors (Lipinski definition) is 1. The van der Waals surface area contributed by atoms with Crippen molar-refractivity contribution in [2.75, 3.05) is 32.2 Å². The summed E-state index contributed by atoms with van der Waals surface area (Å²) in [7, 11) is 1.46. The number of methoxy groups -OCH3 is 1. The Hall–Kier alpha value is -3.51. The largest absolute Gasteiger partial charge is 0.489 e. The van der Waals surface area contributed by atoms with Gasteiger partial charge in [0.05, 0.1) is 17.9 Å². The lowest BCUT2D eigenvalue weighted by Gasteiger charge is -2.14. The SMILES string of the molecule is COCCOc1ccc(C(F)(F)F)cc1NC(=O)/C=C/c1ccc(OCC#N)cc1. The van der Waals surface area contributed by atoms with E-state index in [4.69, 9.17) is 19.5 Å². The Morgan fingerprint density at radius 1 is 1.13 bits per heavy atom. The van der Waals surface area contributed by atoms with Crippen LogP contribution in [0.5, 0.6) is 11.5 Å². The second-order valence-electron chi connectivity index (χ2n) is 5.89. The lowest BCUT2D eigenvalue weighted by Crippen LogP contribution is -2.13. The highest BCUT2D eigenvalue weighted by Gasteiger charge is 2.31. The average molecular weight is 420 g/mol. The lowest BCUT2D eigenvalue weighted by molar-refractivity contribution is -0.137. The normalized spacial score (nSPS) is 11.2. The summed E-state index contributed by atoms with van der Waals surface area (Å²) in [6, 6.07) is 11.3. The van der Waals surface area contributed by atoms with Crippen LogP contribution in [0.15, 0.2) is 48.5 Å². The summed E-state index contributed by atoms with van der Waals surface area (Å²) < 4.78 is 54.4. The molecule has 0 saturated heterocycles. The maximum Gasteiger partial charge on any atom is 0.416 e. The van der Waals surface area contributed by atoms with Gasteiger partial charge < -0.3 is 19.5 Å². The van der Waals surface area contributed by atoms with Crippen molar-refractivity contribution >= 4 is 17.7 Å². The fourth-order valence-electron chi connectivity index (χ4n) is 2.30. The molecule has 2 aromatic rings. The van der Waals surface area contributed by atoms with Crippen LogP contribution in [0.2, 0.25) is 0 Å². The van der Waals surface area contributed by atoms with Crippen LogP contribution >= 0.6 is 0 Å². The molecule has 0 bridgehead atoms. The van der Waals surface area contributed by atoms with Gasteiger partial charge in [-0.1, -0.05) is 12.1 Å². The molecule has 0 atom stereocenters. The number of nitrogens with one attached hydrogen (secondary N) is 1. The van der Waals surface area contributed by atoms with Gasteiger partial charge in [-0.25, -0.2) is 0 Å². The van der Waals surface area contributed by atoms with Crippen LogP contribution in [0.4, 0.5) is 18.9 Å². The first-order valence-corrected chi connectivity index (χ1v) is 8.75.